The van der Waals surface area contributed by atoms with E-state index in [9.17, 15) is 5.11 Å². The van der Waals surface area contributed by atoms with Crippen molar-refractivity contribution in [2.75, 3.05) is 13.2 Å². The highest BCUT2D eigenvalue weighted by Gasteiger charge is 2.15. The molecule has 0 heterocycles. The average molecular weight is 286 g/mol. The molecule has 1 rings (SSSR count). The van der Waals surface area contributed by atoms with Crippen LogP contribution in [0.5, 0.6) is 5.75 Å². The van der Waals surface area contributed by atoms with Gasteiger partial charge in [0.2, 0.25) is 0 Å². The smallest absolute Gasteiger partial charge is 0.126 e. The van der Waals surface area contributed by atoms with Gasteiger partial charge in [-0.2, -0.15) is 0 Å². The summed E-state index contributed by atoms with van der Waals surface area (Å²) in [6, 6.07) is 3.88. The van der Waals surface area contributed by atoms with Crippen molar-refractivity contribution in [3.8, 4) is 5.75 Å². The maximum Gasteiger partial charge on any atom is 0.126 e. The Labute approximate surface area is 120 Å². The molecule has 0 aromatic heterocycles. The number of hydrogen-bond acceptors (Lipinski definition) is 3. The van der Waals surface area contributed by atoms with Crippen molar-refractivity contribution < 1.29 is 9.84 Å². The second-order valence-corrected chi connectivity index (χ2v) is 5.44. The summed E-state index contributed by atoms with van der Waals surface area (Å²) in [6.07, 6.45) is 0.860. The van der Waals surface area contributed by atoms with Gasteiger partial charge in [-0.05, 0) is 48.9 Å². The minimum absolute atomic E-state index is 0.279. The molecule has 3 N–H and O–H groups in total. The van der Waals surface area contributed by atoms with Crippen LogP contribution in [0.1, 0.15) is 44.2 Å². The summed E-state index contributed by atoms with van der Waals surface area (Å²) in [5, 5.41) is 10.3. The number of halogens is 1. The maximum atomic E-state index is 9.59. The van der Waals surface area contributed by atoms with E-state index in [1.165, 1.54) is 0 Å². The molecule has 0 aliphatic heterocycles. The summed E-state index contributed by atoms with van der Waals surface area (Å²) in [7, 11) is 0. The van der Waals surface area contributed by atoms with E-state index >= 15 is 0 Å². The molecule has 0 saturated heterocycles. The molecule has 1 atom stereocenters. The van der Waals surface area contributed by atoms with Crippen molar-refractivity contribution in [2.45, 2.75) is 45.6 Å². The number of rotatable bonds is 7. The van der Waals surface area contributed by atoms with E-state index in [2.05, 4.69) is 13.8 Å². The van der Waals surface area contributed by atoms with Gasteiger partial charge in [0, 0.05) is 11.6 Å². The van der Waals surface area contributed by atoms with Crippen molar-refractivity contribution in [3.05, 3.63) is 28.3 Å². The molecule has 0 aliphatic carbocycles. The topological polar surface area (TPSA) is 55.5 Å². The minimum atomic E-state index is -0.476. The van der Waals surface area contributed by atoms with Crippen molar-refractivity contribution in [3.63, 3.8) is 0 Å². The number of ether oxygens (including phenoxy) is 1. The van der Waals surface area contributed by atoms with E-state index in [4.69, 9.17) is 22.1 Å². The third-order valence-corrected chi connectivity index (χ3v) is 3.31. The van der Waals surface area contributed by atoms with Gasteiger partial charge in [0.25, 0.3) is 0 Å². The fraction of sp³-hybridized carbons (Fsp3) is 0.600. The fourth-order valence-corrected chi connectivity index (χ4v) is 2.30. The van der Waals surface area contributed by atoms with Gasteiger partial charge in [-0.1, -0.05) is 25.4 Å². The van der Waals surface area contributed by atoms with Gasteiger partial charge in [-0.15, -0.1) is 0 Å². The largest absolute Gasteiger partial charge is 0.493 e. The molecular formula is C15H24ClNO2. The summed E-state index contributed by atoms with van der Waals surface area (Å²) < 4.78 is 5.78. The number of aryl methyl sites for hydroxylation is 1. The van der Waals surface area contributed by atoms with Crippen LogP contribution in [0.4, 0.5) is 0 Å². The fourth-order valence-electron chi connectivity index (χ4n) is 2.05. The van der Waals surface area contributed by atoms with E-state index in [-0.39, 0.29) is 6.54 Å². The van der Waals surface area contributed by atoms with Gasteiger partial charge < -0.3 is 15.6 Å². The SMILES string of the molecule is CCOc1c(CCC(O)CN)cc(Cl)cc1C(C)C. The van der Waals surface area contributed by atoms with E-state index in [1.54, 1.807) is 0 Å². The third kappa shape index (κ3) is 4.68. The number of hydrogen-bond donors (Lipinski definition) is 2. The zero-order valence-electron chi connectivity index (χ0n) is 11.9. The van der Waals surface area contributed by atoms with E-state index in [0.717, 1.165) is 16.9 Å². The highest BCUT2D eigenvalue weighted by Crippen LogP contribution is 2.34. The molecule has 1 aromatic carbocycles. The summed E-state index contributed by atoms with van der Waals surface area (Å²) >= 11 is 6.17. The molecule has 4 heteroatoms. The Bertz CT molecular complexity index is 407. The lowest BCUT2D eigenvalue weighted by Gasteiger charge is -2.19. The standard InChI is InChI=1S/C15H24ClNO2/c1-4-19-15-11(5-6-13(18)9-17)7-12(16)8-14(15)10(2)3/h7-8,10,13,18H,4-6,9,17H2,1-3H3. The molecule has 0 amide bonds. The third-order valence-electron chi connectivity index (χ3n) is 3.09. The van der Waals surface area contributed by atoms with Crippen molar-refractivity contribution in [1.29, 1.82) is 0 Å². The van der Waals surface area contributed by atoms with Crippen LogP contribution in [0.25, 0.3) is 0 Å². The van der Waals surface area contributed by atoms with Gasteiger partial charge in [-0.3, -0.25) is 0 Å². The van der Waals surface area contributed by atoms with Crippen LogP contribution in [-0.4, -0.2) is 24.4 Å². The molecule has 108 valence electrons. The van der Waals surface area contributed by atoms with Crippen LogP contribution in [0, 0.1) is 0 Å². The Balaban J connectivity index is 3.05. The lowest BCUT2D eigenvalue weighted by atomic mass is 9.96. The second kappa shape index (κ2) is 7.73. The van der Waals surface area contributed by atoms with Crippen LogP contribution in [-0.2, 0) is 6.42 Å². The summed E-state index contributed by atoms with van der Waals surface area (Å²) in [5.41, 5.74) is 7.60. The lowest BCUT2D eigenvalue weighted by Crippen LogP contribution is -2.20. The monoisotopic (exact) mass is 285 g/mol. The molecule has 0 radical (unpaired) electrons. The van der Waals surface area contributed by atoms with Gasteiger partial charge in [0.05, 0.1) is 12.7 Å². The predicted octanol–water partition coefficient (Wildman–Crippen LogP) is 3.11. The molecular weight excluding hydrogens is 262 g/mol. The molecule has 3 nitrogen and oxygen atoms in total. The molecule has 0 spiro atoms. The van der Waals surface area contributed by atoms with Crippen molar-refractivity contribution in [1.82, 2.24) is 0 Å². The molecule has 0 aliphatic rings. The number of aliphatic hydroxyl groups excluding tert-OH is 1. The van der Waals surface area contributed by atoms with Crippen LogP contribution < -0.4 is 10.5 Å². The first kappa shape index (κ1) is 16.3. The number of nitrogens with two attached hydrogens (primary N) is 1. The molecule has 0 bridgehead atoms. The van der Waals surface area contributed by atoms with Gasteiger partial charge in [0.1, 0.15) is 5.75 Å². The van der Waals surface area contributed by atoms with Crippen LogP contribution in [0.2, 0.25) is 5.02 Å². The summed E-state index contributed by atoms with van der Waals surface area (Å²) in [4.78, 5) is 0. The summed E-state index contributed by atoms with van der Waals surface area (Å²) in [6.45, 7) is 7.10. The predicted molar refractivity (Wildman–Crippen MR) is 80.1 cm³/mol. The summed E-state index contributed by atoms with van der Waals surface area (Å²) in [5.74, 6) is 1.25. The number of benzene rings is 1. The second-order valence-electron chi connectivity index (χ2n) is 5.00. The highest BCUT2D eigenvalue weighted by molar-refractivity contribution is 6.30. The van der Waals surface area contributed by atoms with E-state index < -0.39 is 6.10 Å². The van der Waals surface area contributed by atoms with Crippen LogP contribution in [0.3, 0.4) is 0 Å². The Morgan fingerprint density at radius 3 is 2.58 bits per heavy atom. The Hall–Kier alpha value is -0.770. The van der Waals surface area contributed by atoms with E-state index in [1.807, 2.05) is 19.1 Å². The zero-order chi connectivity index (χ0) is 14.4. The normalized spacial score (nSPS) is 12.8. The maximum absolute atomic E-state index is 9.59. The Morgan fingerprint density at radius 1 is 1.37 bits per heavy atom. The van der Waals surface area contributed by atoms with Crippen molar-refractivity contribution in [2.24, 2.45) is 5.73 Å². The van der Waals surface area contributed by atoms with Gasteiger partial charge in [-0.25, -0.2) is 0 Å². The molecule has 0 saturated carbocycles. The zero-order valence-corrected chi connectivity index (χ0v) is 12.7. The first-order valence-electron chi connectivity index (χ1n) is 6.82. The van der Waals surface area contributed by atoms with Crippen molar-refractivity contribution >= 4 is 11.6 Å². The Kier molecular flexibility index (Phi) is 6.63. The van der Waals surface area contributed by atoms with Gasteiger partial charge in [0.15, 0.2) is 0 Å². The lowest BCUT2D eigenvalue weighted by molar-refractivity contribution is 0.172. The first-order valence-corrected chi connectivity index (χ1v) is 7.20. The highest BCUT2D eigenvalue weighted by atomic mass is 35.5. The van der Waals surface area contributed by atoms with Crippen LogP contribution in [0.15, 0.2) is 12.1 Å². The average Bonchev–Trinajstić information content (AvgIpc) is 2.37. The molecule has 0 fully saturated rings. The number of aliphatic hydroxyl groups is 1. The molecule has 1 aromatic rings. The minimum Gasteiger partial charge on any atom is -0.493 e. The van der Waals surface area contributed by atoms with Gasteiger partial charge >= 0.3 is 0 Å². The van der Waals surface area contributed by atoms with Crippen LogP contribution >= 0.6 is 11.6 Å². The molecule has 19 heavy (non-hydrogen) atoms. The quantitative estimate of drug-likeness (QED) is 0.809. The first-order chi connectivity index (χ1) is 8.99. The van der Waals surface area contributed by atoms with E-state index in [0.29, 0.717) is 30.4 Å². The molecule has 1 unspecified atom stereocenters. The Morgan fingerprint density at radius 2 is 2.05 bits per heavy atom.